The van der Waals surface area contributed by atoms with Crippen molar-refractivity contribution >= 4 is 17.2 Å². The minimum atomic E-state index is -4.33. The Morgan fingerprint density at radius 1 is 1.12 bits per heavy atom. The number of halogens is 3. The summed E-state index contributed by atoms with van der Waals surface area (Å²) in [6.07, 6.45) is 0.977. The zero-order valence-corrected chi connectivity index (χ0v) is 10.6. The van der Waals surface area contributed by atoms with Crippen molar-refractivity contribution in [2.45, 2.75) is 38.3 Å². The predicted octanol–water partition coefficient (Wildman–Crippen LogP) is 2.72. The van der Waals surface area contributed by atoms with Crippen molar-refractivity contribution in [2.24, 2.45) is 11.7 Å². The third-order valence-electron chi connectivity index (χ3n) is 3.13. The quantitative estimate of drug-likeness (QED) is 0.798. The summed E-state index contributed by atoms with van der Waals surface area (Å²) in [5, 5.41) is 0. The Balaban J connectivity index is 2.55. The van der Waals surface area contributed by atoms with E-state index < -0.39 is 17.1 Å². The highest BCUT2D eigenvalue weighted by atomic mass is 32.1. The minimum absolute atomic E-state index is 0.0845. The van der Waals surface area contributed by atoms with Gasteiger partial charge in [-0.05, 0) is 25.9 Å². The van der Waals surface area contributed by atoms with E-state index >= 15 is 0 Å². The summed E-state index contributed by atoms with van der Waals surface area (Å²) in [4.78, 5) is 1.40. The van der Waals surface area contributed by atoms with E-state index in [1.165, 1.54) is 6.42 Å². The maximum Gasteiger partial charge on any atom is 0.399 e. The molecule has 2 N–H and O–H groups in total. The van der Waals surface area contributed by atoms with E-state index in [1.807, 2.05) is 4.90 Å². The van der Waals surface area contributed by atoms with E-state index in [0.29, 0.717) is 0 Å². The van der Waals surface area contributed by atoms with Gasteiger partial charge >= 0.3 is 6.18 Å². The smallest absolute Gasteiger partial charge is 0.393 e. The molecule has 6 heteroatoms. The Hall–Kier alpha value is -0.360. The molecular weight excluding hydrogens is 249 g/mol. The Kier molecular flexibility index (Phi) is 5.66. The molecule has 1 atom stereocenters. The number of thiocarbonyl (C=S) groups is 1. The minimum Gasteiger partial charge on any atom is -0.393 e. The van der Waals surface area contributed by atoms with Crippen LogP contribution in [-0.2, 0) is 0 Å². The van der Waals surface area contributed by atoms with Crippen molar-refractivity contribution in [3.63, 3.8) is 0 Å². The third-order valence-corrected chi connectivity index (χ3v) is 3.41. The highest BCUT2D eigenvalue weighted by Crippen LogP contribution is 2.28. The summed E-state index contributed by atoms with van der Waals surface area (Å²) in [5.74, 6) is -1.67. The van der Waals surface area contributed by atoms with Crippen molar-refractivity contribution in [1.29, 1.82) is 0 Å². The highest BCUT2D eigenvalue weighted by Gasteiger charge is 2.42. The fourth-order valence-electron chi connectivity index (χ4n) is 2.11. The lowest BCUT2D eigenvalue weighted by molar-refractivity contribution is -0.159. The molecule has 1 unspecified atom stereocenters. The molecule has 1 aliphatic heterocycles. The monoisotopic (exact) mass is 268 g/mol. The highest BCUT2D eigenvalue weighted by molar-refractivity contribution is 7.80. The Morgan fingerprint density at radius 2 is 1.59 bits per heavy atom. The number of hydrogen-bond donors (Lipinski definition) is 1. The van der Waals surface area contributed by atoms with E-state index in [9.17, 15) is 13.2 Å². The third kappa shape index (κ3) is 5.21. The van der Waals surface area contributed by atoms with Crippen LogP contribution in [0.3, 0.4) is 0 Å². The summed E-state index contributed by atoms with van der Waals surface area (Å²) in [5.41, 5.74) is 5.19. The van der Waals surface area contributed by atoms with Gasteiger partial charge in [-0.1, -0.05) is 31.5 Å². The summed E-state index contributed by atoms with van der Waals surface area (Å²) >= 11 is 4.53. The van der Waals surface area contributed by atoms with Crippen molar-refractivity contribution in [2.75, 3.05) is 19.6 Å². The maximum absolute atomic E-state index is 12.7. The first-order chi connectivity index (χ1) is 7.91. The fourth-order valence-corrected chi connectivity index (χ4v) is 2.32. The molecule has 0 aliphatic carbocycles. The van der Waals surface area contributed by atoms with Crippen LogP contribution in [0.25, 0.3) is 0 Å². The van der Waals surface area contributed by atoms with Gasteiger partial charge in [-0.2, -0.15) is 13.2 Å². The molecule has 1 heterocycles. The van der Waals surface area contributed by atoms with Crippen LogP contribution >= 0.6 is 12.2 Å². The topological polar surface area (TPSA) is 29.3 Å². The van der Waals surface area contributed by atoms with E-state index in [4.69, 9.17) is 5.73 Å². The number of hydrogen-bond acceptors (Lipinski definition) is 2. The average Bonchev–Trinajstić information content (AvgIpc) is 2.13. The van der Waals surface area contributed by atoms with E-state index in [0.717, 1.165) is 38.8 Å². The van der Waals surface area contributed by atoms with Crippen LogP contribution in [0.2, 0.25) is 0 Å². The van der Waals surface area contributed by atoms with Crippen molar-refractivity contribution in [3.8, 4) is 0 Å². The lowest BCUT2D eigenvalue weighted by Gasteiger charge is -2.29. The molecule has 17 heavy (non-hydrogen) atoms. The van der Waals surface area contributed by atoms with Gasteiger partial charge in [0.05, 0.1) is 4.99 Å². The van der Waals surface area contributed by atoms with Gasteiger partial charge in [0.2, 0.25) is 0 Å². The molecule has 1 fully saturated rings. The summed E-state index contributed by atoms with van der Waals surface area (Å²) < 4.78 is 38.1. The molecule has 0 saturated carbocycles. The van der Waals surface area contributed by atoms with Gasteiger partial charge in [-0.25, -0.2) is 0 Å². The van der Waals surface area contributed by atoms with Crippen molar-refractivity contribution < 1.29 is 13.2 Å². The zero-order valence-electron chi connectivity index (χ0n) is 9.80. The fraction of sp³-hybridized carbons (Fsp3) is 0.909. The predicted molar refractivity (Wildman–Crippen MR) is 65.9 cm³/mol. The van der Waals surface area contributed by atoms with Crippen LogP contribution in [0, 0.1) is 5.92 Å². The summed E-state index contributed by atoms with van der Waals surface area (Å²) in [7, 11) is 0. The molecule has 1 aliphatic rings. The van der Waals surface area contributed by atoms with Crippen LogP contribution in [-0.4, -0.2) is 35.7 Å². The molecule has 0 spiro atoms. The lowest BCUT2D eigenvalue weighted by atomic mass is 10.1. The number of alkyl halides is 3. The molecule has 1 rings (SSSR count). The second kappa shape index (κ2) is 6.54. The van der Waals surface area contributed by atoms with Gasteiger partial charge in [0.25, 0.3) is 0 Å². The molecule has 0 aromatic rings. The van der Waals surface area contributed by atoms with Gasteiger partial charge < -0.3 is 10.6 Å². The normalized spacial score (nSPS) is 21.6. The number of rotatable bonds is 3. The van der Waals surface area contributed by atoms with Gasteiger partial charge in [-0.15, -0.1) is 0 Å². The van der Waals surface area contributed by atoms with Gasteiger partial charge in [0, 0.05) is 6.54 Å². The average molecular weight is 268 g/mol. The molecule has 0 radical (unpaired) electrons. The molecule has 1 saturated heterocycles. The van der Waals surface area contributed by atoms with E-state index in [2.05, 4.69) is 12.2 Å². The van der Waals surface area contributed by atoms with Gasteiger partial charge in [0.15, 0.2) is 0 Å². The number of nitrogens with zero attached hydrogens (tertiary/aromatic N) is 1. The Morgan fingerprint density at radius 3 is 2.00 bits per heavy atom. The van der Waals surface area contributed by atoms with E-state index in [1.54, 1.807) is 0 Å². The van der Waals surface area contributed by atoms with Gasteiger partial charge in [-0.3, -0.25) is 0 Å². The van der Waals surface area contributed by atoms with Crippen LogP contribution < -0.4 is 5.73 Å². The number of likely N-dealkylation sites (tertiary alicyclic amines) is 1. The first kappa shape index (κ1) is 14.7. The molecule has 0 bridgehead atoms. The molecule has 0 aromatic carbocycles. The largest absolute Gasteiger partial charge is 0.399 e. The molecule has 2 nitrogen and oxygen atoms in total. The Labute approximate surface area is 105 Å². The maximum atomic E-state index is 12.7. The summed E-state index contributed by atoms with van der Waals surface area (Å²) in [6, 6.07) is 0. The lowest BCUT2D eigenvalue weighted by Crippen LogP contribution is -2.44. The summed E-state index contributed by atoms with van der Waals surface area (Å²) in [6.45, 7) is 1.35. The number of nitrogens with two attached hydrogens (primary N) is 1. The second-order valence-corrected chi connectivity index (χ2v) is 5.04. The van der Waals surface area contributed by atoms with Crippen molar-refractivity contribution in [3.05, 3.63) is 0 Å². The van der Waals surface area contributed by atoms with Gasteiger partial charge in [0.1, 0.15) is 5.92 Å². The van der Waals surface area contributed by atoms with Crippen LogP contribution in [0.15, 0.2) is 0 Å². The van der Waals surface area contributed by atoms with Crippen LogP contribution in [0.1, 0.15) is 32.1 Å². The van der Waals surface area contributed by atoms with Crippen LogP contribution in [0.4, 0.5) is 13.2 Å². The molecular formula is C11H19F3N2S. The van der Waals surface area contributed by atoms with Crippen molar-refractivity contribution in [1.82, 2.24) is 4.90 Å². The van der Waals surface area contributed by atoms with Crippen LogP contribution in [0.5, 0.6) is 0 Å². The standard InChI is InChI=1S/C11H19F3N2S/c12-11(13,14)9(10(15)17)8-16-6-4-2-1-3-5-7-16/h9H,1-8H2,(H2,15,17). The molecule has 0 aromatic heterocycles. The first-order valence-corrected chi connectivity index (χ1v) is 6.40. The van der Waals surface area contributed by atoms with E-state index in [-0.39, 0.29) is 6.54 Å². The Bertz CT molecular complexity index is 248. The second-order valence-electron chi connectivity index (χ2n) is 4.56. The zero-order chi connectivity index (χ0) is 12.9. The molecule has 0 amide bonds. The molecule has 100 valence electrons. The first-order valence-electron chi connectivity index (χ1n) is 5.99. The SMILES string of the molecule is NC(=S)C(CN1CCCCCCC1)C(F)(F)F.